The van der Waals surface area contributed by atoms with Gasteiger partial charge in [-0.15, -0.1) is 0 Å². The molecular weight excluding hydrogens is 344 g/mol. The predicted molar refractivity (Wildman–Crippen MR) is 104 cm³/mol. The smallest absolute Gasteiger partial charge is 0.257 e. The van der Waals surface area contributed by atoms with Crippen LogP contribution in [0, 0.1) is 6.92 Å². The summed E-state index contributed by atoms with van der Waals surface area (Å²) in [5, 5.41) is 5.63. The summed E-state index contributed by atoms with van der Waals surface area (Å²) >= 11 is 0. The van der Waals surface area contributed by atoms with Crippen LogP contribution >= 0.6 is 0 Å². The van der Waals surface area contributed by atoms with E-state index < -0.39 is 0 Å². The fraction of sp³-hybridized carbons (Fsp3) is 0.250. The lowest BCUT2D eigenvalue weighted by molar-refractivity contribution is -0.128. The molecule has 7 nitrogen and oxygen atoms in total. The number of aryl methyl sites for hydroxylation is 1. The van der Waals surface area contributed by atoms with E-state index in [0.29, 0.717) is 0 Å². The summed E-state index contributed by atoms with van der Waals surface area (Å²) < 4.78 is 0. The molecule has 2 aromatic rings. The summed E-state index contributed by atoms with van der Waals surface area (Å²) in [5.74, 6) is -0.893. The molecule has 142 valence electrons. The van der Waals surface area contributed by atoms with Crippen molar-refractivity contribution in [3.8, 4) is 0 Å². The Hall–Kier alpha value is -3.35. The molecule has 0 saturated carbocycles. The fourth-order valence-electron chi connectivity index (χ4n) is 2.26. The van der Waals surface area contributed by atoms with Gasteiger partial charge in [0.05, 0.1) is 13.0 Å². The number of anilines is 1. The van der Waals surface area contributed by atoms with Crippen LogP contribution in [0.3, 0.4) is 0 Å². The third kappa shape index (κ3) is 8.04. The SMILES string of the molecule is Cc1ccc(NCC(=O)NNC(=O)CCNC(=O)Cc2ccccc2)cc1. The lowest BCUT2D eigenvalue weighted by Crippen LogP contribution is -2.45. The van der Waals surface area contributed by atoms with E-state index in [1.165, 1.54) is 0 Å². The first kappa shape index (κ1) is 20.0. The Morgan fingerprint density at radius 3 is 2.19 bits per heavy atom. The van der Waals surface area contributed by atoms with Crippen molar-refractivity contribution in [3.05, 3.63) is 65.7 Å². The average molecular weight is 368 g/mol. The molecule has 0 spiro atoms. The maximum absolute atomic E-state index is 11.8. The second-order valence-electron chi connectivity index (χ2n) is 6.08. The van der Waals surface area contributed by atoms with Crippen molar-refractivity contribution in [3.63, 3.8) is 0 Å². The second kappa shape index (κ2) is 10.6. The first-order valence-corrected chi connectivity index (χ1v) is 8.72. The third-order valence-corrected chi connectivity index (χ3v) is 3.73. The molecule has 0 aliphatic rings. The molecule has 3 amide bonds. The van der Waals surface area contributed by atoms with E-state index in [2.05, 4.69) is 21.5 Å². The molecule has 0 unspecified atom stereocenters. The van der Waals surface area contributed by atoms with Gasteiger partial charge in [-0.1, -0.05) is 48.0 Å². The van der Waals surface area contributed by atoms with Crippen LogP contribution < -0.4 is 21.5 Å². The minimum atomic E-state index is -0.376. The molecule has 0 atom stereocenters. The summed E-state index contributed by atoms with van der Waals surface area (Å²) in [7, 11) is 0. The maximum atomic E-state index is 11.8. The van der Waals surface area contributed by atoms with E-state index in [0.717, 1.165) is 16.8 Å². The molecular formula is C20H24N4O3. The molecule has 0 aliphatic carbocycles. The Bertz CT molecular complexity index is 761. The highest BCUT2D eigenvalue weighted by molar-refractivity contribution is 5.85. The maximum Gasteiger partial charge on any atom is 0.257 e. The molecule has 4 N–H and O–H groups in total. The molecule has 0 aromatic heterocycles. The Morgan fingerprint density at radius 1 is 0.815 bits per heavy atom. The highest BCUT2D eigenvalue weighted by atomic mass is 16.2. The van der Waals surface area contributed by atoms with Gasteiger partial charge >= 0.3 is 0 Å². The van der Waals surface area contributed by atoms with Gasteiger partial charge in [-0.25, -0.2) is 0 Å². The van der Waals surface area contributed by atoms with Crippen molar-refractivity contribution >= 4 is 23.4 Å². The van der Waals surface area contributed by atoms with Gasteiger partial charge in [0, 0.05) is 18.7 Å². The third-order valence-electron chi connectivity index (χ3n) is 3.73. The molecule has 0 heterocycles. The van der Waals surface area contributed by atoms with Crippen LogP contribution in [0.4, 0.5) is 5.69 Å². The van der Waals surface area contributed by atoms with Crippen molar-refractivity contribution in [1.29, 1.82) is 0 Å². The van der Waals surface area contributed by atoms with Crippen LogP contribution in [-0.2, 0) is 20.8 Å². The van der Waals surface area contributed by atoms with Crippen LogP contribution in [0.1, 0.15) is 17.5 Å². The number of hydrogen-bond acceptors (Lipinski definition) is 4. The normalized spacial score (nSPS) is 9.96. The molecule has 27 heavy (non-hydrogen) atoms. The van der Waals surface area contributed by atoms with Crippen LogP contribution in [0.25, 0.3) is 0 Å². The zero-order valence-corrected chi connectivity index (χ0v) is 15.2. The standard InChI is InChI=1S/C20H24N4O3/c1-15-7-9-17(10-8-15)22-14-20(27)24-23-18(25)11-12-21-19(26)13-16-5-3-2-4-6-16/h2-10,22H,11-14H2,1H3,(H,21,26)(H,23,25)(H,24,27). The molecule has 0 aliphatic heterocycles. The first-order valence-electron chi connectivity index (χ1n) is 8.72. The summed E-state index contributed by atoms with van der Waals surface area (Å²) in [6.07, 6.45) is 0.343. The lowest BCUT2D eigenvalue weighted by Gasteiger charge is -2.10. The Morgan fingerprint density at radius 2 is 1.48 bits per heavy atom. The van der Waals surface area contributed by atoms with E-state index >= 15 is 0 Å². The molecule has 0 fully saturated rings. The van der Waals surface area contributed by atoms with Crippen LogP contribution in [0.2, 0.25) is 0 Å². The minimum Gasteiger partial charge on any atom is -0.376 e. The summed E-state index contributed by atoms with van der Waals surface area (Å²) in [6, 6.07) is 17.0. The number of carbonyl (C=O) groups is 3. The van der Waals surface area contributed by atoms with Gasteiger partial charge in [-0.2, -0.15) is 0 Å². The molecule has 2 aromatic carbocycles. The van der Waals surface area contributed by atoms with Crippen LogP contribution in [-0.4, -0.2) is 30.8 Å². The molecule has 0 radical (unpaired) electrons. The van der Waals surface area contributed by atoms with Gasteiger partial charge in [0.1, 0.15) is 0 Å². The van der Waals surface area contributed by atoms with Crippen molar-refractivity contribution in [2.45, 2.75) is 19.8 Å². The Kier molecular flexibility index (Phi) is 7.84. The average Bonchev–Trinajstić information content (AvgIpc) is 2.66. The number of hydrogen-bond donors (Lipinski definition) is 4. The number of nitrogens with one attached hydrogen (secondary N) is 4. The van der Waals surface area contributed by atoms with Gasteiger partial charge < -0.3 is 10.6 Å². The molecule has 0 bridgehead atoms. The Balaban J connectivity index is 1.56. The number of amides is 3. The van der Waals surface area contributed by atoms with Crippen molar-refractivity contribution in [1.82, 2.24) is 16.2 Å². The molecule has 0 saturated heterocycles. The number of rotatable bonds is 8. The summed E-state index contributed by atoms with van der Waals surface area (Å²) in [5.41, 5.74) is 7.51. The van der Waals surface area contributed by atoms with Gasteiger partial charge in [0.15, 0.2) is 0 Å². The number of hydrazine groups is 1. The van der Waals surface area contributed by atoms with Crippen LogP contribution in [0.5, 0.6) is 0 Å². The zero-order chi connectivity index (χ0) is 19.5. The minimum absolute atomic E-state index is 0.0388. The lowest BCUT2D eigenvalue weighted by atomic mass is 10.1. The van der Waals surface area contributed by atoms with E-state index in [4.69, 9.17) is 0 Å². The highest BCUT2D eigenvalue weighted by Crippen LogP contribution is 2.07. The van der Waals surface area contributed by atoms with Crippen molar-refractivity contribution in [2.75, 3.05) is 18.4 Å². The van der Waals surface area contributed by atoms with E-state index in [1.54, 1.807) is 0 Å². The van der Waals surface area contributed by atoms with E-state index in [1.807, 2.05) is 61.5 Å². The van der Waals surface area contributed by atoms with Gasteiger partial charge in [0.25, 0.3) is 5.91 Å². The zero-order valence-electron chi connectivity index (χ0n) is 15.2. The number of carbonyl (C=O) groups excluding carboxylic acids is 3. The summed E-state index contributed by atoms with van der Waals surface area (Å²) in [4.78, 5) is 35.2. The van der Waals surface area contributed by atoms with Gasteiger partial charge in [-0.05, 0) is 24.6 Å². The second-order valence-corrected chi connectivity index (χ2v) is 6.08. The molecule has 2 rings (SSSR count). The highest BCUT2D eigenvalue weighted by Gasteiger charge is 2.07. The predicted octanol–water partition coefficient (Wildman–Crippen LogP) is 1.30. The summed E-state index contributed by atoms with van der Waals surface area (Å²) in [6.45, 7) is 2.22. The van der Waals surface area contributed by atoms with Gasteiger partial charge in [0.2, 0.25) is 11.8 Å². The monoisotopic (exact) mass is 368 g/mol. The topological polar surface area (TPSA) is 99.3 Å². The van der Waals surface area contributed by atoms with E-state index in [-0.39, 0.29) is 43.7 Å². The fourth-order valence-corrected chi connectivity index (χ4v) is 2.26. The Labute approximate surface area is 158 Å². The van der Waals surface area contributed by atoms with Crippen molar-refractivity contribution in [2.24, 2.45) is 0 Å². The van der Waals surface area contributed by atoms with Crippen LogP contribution in [0.15, 0.2) is 54.6 Å². The first-order chi connectivity index (χ1) is 13.0. The quantitative estimate of drug-likeness (QED) is 0.528. The number of benzene rings is 2. The largest absolute Gasteiger partial charge is 0.376 e. The van der Waals surface area contributed by atoms with E-state index in [9.17, 15) is 14.4 Å². The van der Waals surface area contributed by atoms with Gasteiger partial charge in [-0.3, -0.25) is 25.2 Å². The van der Waals surface area contributed by atoms with Crippen molar-refractivity contribution < 1.29 is 14.4 Å². The molecule has 7 heteroatoms.